The van der Waals surface area contributed by atoms with E-state index in [0.29, 0.717) is 28.6 Å². The van der Waals surface area contributed by atoms with E-state index in [1.54, 1.807) is 35.1 Å². The lowest BCUT2D eigenvalue weighted by Gasteiger charge is -2.05. The summed E-state index contributed by atoms with van der Waals surface area (Å²) in [6.07, 6.45) is 2.41. The van der Waals surface area contributed by atoms with Crippen molar-refractivity contribution in [3.8, 4) is 0 Å². The minimum Gasteiger partial charge on any atom is -0.275 e. The van der Waals surface area contributed by atoms with Crippen molar-refractivity contribution in [3.05, 3.63) is 58.3 Å². The van der Waals surface area contributed by atoms with Crippen LogP contribution in [0, 0.1) is 0 Å². The van der Waals surface area contributed by atoms with Crippen LogP contribution in [0.5, 0.6) is 0 Å². The molecule has 2 aromatic heterocycles. The lowest BCUT2D eigenvalue weighted by atomic mass is 10.1. The molecule has 1 aromatic carbocycles. The first-order valence-electron chi connectivity index (χ1n) is 7.44. The molecule has 122 valence electrons. The van der Waals surface area contributed by atoms with Gasteiger partial charge in [0.15, 0.2) is 5.69 Å². The minimum absolute atomic E-state index is 0.116. The Kier molecular flexibility index (Phi) is 4.19. The molecule has 2 N–H and O–H groups in total. The van der Waals surface area contributed by atoms with E-state index >= 15 is 0 Å². The highest BCUT2D eigenvalue weighted by atomic mass is 16.2. The fraction of sp³-hybridized carbons (Fsp3) is 0.188. The molecule has 0 bridgehead atoms. The molecule has 24 heavy (non-hydrogen) atoms. The molecule has 0 spiro atoms. The number of carbonyl (C=O) groups excluding carboxylic acids is 1. The summed E-state index contributed by atoms with van der Waals surface area (Å²) in [5.74, 6) is -0.496. The zero-order valence-corrected chi connectivity index (χ0v) is 13.3. The maximum Gasteiger partial charge on any atom is 0.292 e. The predicted molar refractivity (Wildman–Crippen MR) is 89.9 cm³/mol. The van der Waals surface area contributed by atoms with Gasteiger partial charge in [0.05, 0.1) is 11.1 Å². The van der Waals surface area contributed by atoms with Crippen molar-refractivity contribution >= 4 is 22.4 Å². The maximum atomic E-state index is 12.4. The summed E-state index contributed by atoms with van der Waals surface area (Å²) in [6, 6.07) is 8.61. The van der Waals surface area contributed by atoms with Crippen LogP contribution in [-0.2, 0) is 7.05 Å². The number of rotatable bonds is 4. The van der Waals surface area contributed by atoms with Crippen molar-refractivity contribution in [1.29, 1.82) is 0 Å². The number of hydrazone groups is 1. The maximum absolute atomic E-state index is 12.4. The Bertz CT molecular complexity index is 985. The Labute approximate surface area is 137 Å². The van der Waals surface area contributed by atoms with E-state index in [9.17, 15) is 9.59 Å². The second-order valence-corrected chi connectivity index (χ2v) is 5.17. The van der Waals surface area contributed by atoms with E-state index in [2.05, 4.69) is 25.8 Å². The molecule has 0 saturated carbocycles. The zero-order chi connectivity index (χ0) is 17.1. The van der Waals surface area contributed by atoms with E-state index in [4.69, 9.17) is 0 Å². The number of H-pyrrole nitrogens is 1. The van der Waals surface area contributed by atoms with Gasteiger partial charge in [-0.1, -0.05) is 25.1 Å². The van der Waals surface area contributed by atoms with Crippen molar-refractivity contribution in [2.75, 3.05) is 0 Å². The Morgan fingerprint density at radius 2 is 2.04 bits per heavy atom. The molecule has 0 aliphatic heterocycles. The van der Waals surface area contributed by atoms with Gasteiger partial charge in [0.2, 0.25) is 0 Å². The van der Waals surface area contributed by atoms with Gasteiger partial charge in [-0.25, -0.2) is 10.5 Å². The molecule has 8 nitrogen and oxygen atoms in total. The van der Waals surface area contributed by atoms with Crippen LogP contribution in [-0.4, -0.2) is 31.6 Å². The summed E-state index contributed by atoms with van der Waals surface area (Å²) in [6.45, 7) is 1.92. The summed E-state index contributed by atoms with van der Waals surface area (Å²) in [5.41, 5.74) is 3.61. The van der Waals surface area contributed by atoms with Crippen molar-refractivity contribution in [2.45, 2.75) is 13.3 Å². The third kappa shape index (κ3) is 2.94. The SMILES string of the molecule is CC/C(=N\NC(=O)c1n[nH]c(=O)c2ccccc12)c1ccn(C)n1. The summed E-state index contributed by atoms with van der Waals surface area (Å²) in [7, 11) is 1.81. The normalized spacial score (nSPS) is 11.7. The standard InChI is InChI=1S/C16H16N6O2/c1-3-12(13-8-9-22(2)21-13)17-20-16(24)14-10-6-4-5-7-11(10)15(23)19-18-14/h4-9H,3H2,1-2H3,(H,19,23)(H,20,24)/b17-12+. The van der Waals surface area contributed by atoms with E-state index in [1.807, 2.05) is 20.0 Å². The quantitative estimate of drug-likeness (QED) is 0.555. The van der Waals surface area contributed by atoms with Crippen LogP contribution in [0.25, 0.3) is 10.8 Å². The molecule has 0 aliphatic rings. The van der Waals surface area contributed by atoms with Crippen LogP contribution in [0.4, 0.5) is 0 Å². The topological polar surface area (TPSA) is 105 Å². The number of aryl methyl sites for hydroxylation is 1. The average Bonchev–Trinajstić information content (AvgIpc) is 3.02. The van der Waals surface area contributed by atoms with Gasteiger partial charge in [-0.3, -0.25) is 14.3 Å². The number of hydrogen-bond donors (Lipinski definition) is 2. The summed E-state index contributed by atoms with van der Waals surface area (Å²) in [5, 5.41) is 15.5. The average molecular weight is 324 g/mol. The molecule has 0 saturated heterocycles. The molecule has 3 rings (SSSR count). The van der Waals surface area contributed by atoms with Gasteiger partial charge in [0.25, 0.3) is 11.5 Å². The van der Waals surface area contributed by atoms with Crippen LogP contribution in [0.15, 0.2) is 46.4 Å². The summed E-state index contributed by atoms with van der Waals surface area (Å²) >= 11 is 0. The summed E-state index contributed by atoms with van der Waals surface area (Å²) < 4.78 is 1.67. The second-order valence-electron chi connectivity index (χ2n) is 5.17. The Morgan fingerprint density at radius 1 is 1.29 bits per heavy atom. The highest BCUT2D eigenvalue weighted by molar-refractivity contribution is 6.06. The Balaban J connectivity index is 1.92. The first kappa shape index (κ1) is 15.6. The van der Waals surface area contributed by atoms with Gasteiger partial charge >= 0.3 is 0 Å². The molecular weight excluding hydrogens is 308 g/mol. The van der Waals surface area contributed by atoms with Crippen LogP contribution in [0.3, 0.4) is 0 Å². The molecule has 0 unspecified atom stereocenters. The molecule has 0 atom stereocenters. The zero-order valence-electron chi connectivity index (χ0n) is 13.3. The third-order valence-electron chi connectivity index (χ3n) is 3.55. The van der Waals surface area contributed by atoms with Crippen molar-refractivity contribution in [2.24, 2.45) is 12.1 Å². The van der Waals surface area contributed by atoms with Gasteiger partial charge in [-0.15, -0.1) is 0 Å². The molecule has 0 radical (unpaired) electrons. The molecule has 0 fully saturated rings. The van der Waals surface area contributed by atoms with Gasteiger partial charge in [0.1, 0.15) is 5.69 Å². The van der Waals surface area contributed by atoms with Gasteiger partial charge in [-0.05, 0) is 18.6 Å². The number of aromatic nitrogens is 4. The number of aromatic amines is 1. The van der Waals surface area contributed by atoms with Crippen LogP contribution >= 0.6 is 0 Å². The van der Waals surface area contributed by atoms with E-state index in [1.165, 1.54) is 0 Å². The van der Waals surface area contributed by atoms with Crippen molar-refractivity contribution in [3.63, 3.8) is 0 Å². The fourth-order valence-corrected chi connectivity index (χ4v) is 2.35. The second kappa shape index (κ2) is 6.45. The number of nitrogens with one attached hydrogen (secondary N) is 2. The van der Waals surface area contributed by atoms with Crippen LogP contribution < -0.4 is 11.0 Å². The largest absolute Gasteiger partial charge is 0.292 e. The molecule has 0 aliphatic carbocycles. The number of amides is 1. The number of nitrogens with zero attached hydrogens (tertiary/aromatic N) is 4. The predicted octanol–water partition coefficient (Wildman–Crippen LogP) is 1.20. The Hall–Kier alpha value is -3.29. The smallest absolute Gasteiger partial charge is 0.275 e. The van der Waals surface area contributed by atoms with E-state index < -0.39 is 5.91 Å². The Morgan fingerprint density at radius 3 is 2.71 bits per heavy atom. The third-order valence-corrected chi connectivity index (χ3v) is 3.55. The number of carbonyl (C=O) groups is 1. The number of benzene rings is 1. The monoisotopic (exact) mass is 324 g/mol. The molecule has 1 amide bonds. The van der Waals surface area contributed by atoms with Gasteiger partial charge in [0, 0.05) is 18.6 Å². The van der Waals surface area contributed by atoms with E-state index in [0.717, 1.165) is 0 Å². The van der Waals surface area contributed by atoms with Crippen molar-refractivity contribution < 1.29 is 4.79 Å². The van der Waals surface area contributed by atoms with Crippen molar-refractivity contribution in [1.82, 2.24) is 25.4 Å². The highest BCUT2D eigenvalue weighted by Gasteiger charge is 2.14. The van der Waals surface area contributed by atoms with Crippen LogP contribution in [0.2, 0.25) is 0 Å². The molecule has 2 heterocycles. The molecular formula is C16H16N6O2. The first-order chi connectivity index (χ1) is 11.6. The molecule has 3 aromatic rings. The van der Waals surface area contributed by atoms with Gasteiger partial charge in [-0.2, -0.15) is 15.3 Å². The number of fused-ring (bicyclic) bond motifs is 1. The first-order valence-corrected chi connectivity index (χ1v) is 7.44. The van der Waals surface area contributed by atoms with Gasteiger partial charge < -0.3 is 0 Å². The van der Waals surface area contributed by atoms with E-state index in [-0.39, 0.29) is 11.3 Å². The lowest BCUT2D eigenvalue weighted by Crippen LogP contribution is -2.24. The van der Waals surface area contributed by atoms with Crippen LogP contribution in [0.1, 0.15) is 29.5 Å². The highest BCUT2D eigenvalue weighted by Crippen LogP contribution is 2.12. The lowest BCUT2D eigenvalue weighted by molar-refractivity contribution is 0.0950. The minimum atomic E-state index is -0.496. The fourth-order valence-electron chi connectivity index (χ4n) is 2.35. The summed E-state index contributed by atoms with van der Waals surface area (Å²) in [4.78, 5) is 24.2. The number of hydrogen-bond acceptors (Lipinski definition) is 5. The molecule has 8 heteroatoms.